The van der Waals surface area contributed by atoms with Crippen LogP contribution >= 0.6 is 0 Å². The molecule has 0 radical (unpaired) electrons. The second kappa shape index (κ2) is 5.57. The Balaban J connectivity index is 2.26. The third-order valence-electron chi connectivity index (χ3n) is 3.77. The number of para-hydroxylation sites is 1. The van der Waals surface area contributed by atoms with E-state index in [1.165, 1.54) is 0 Å². The Morgan fingerprint density at radius 2 is 2.14 bits per heavy atom. The van der Waals surface area contributed by atoms with Crippen LogP contribution in [0.1, 0.15) is 23.0 Å². The van der Waals surface area contributed by atoms with Crippen molar-refractivity contribution in [3.05, 3.63) is 47.8 Å². The molecule has 1 aromatic carbocycles. The van der Waals surface area contributed by atoms with Crippen molar-refractivity contribution >= 4 is 16.8 Å². The zero-order valence-corrected chi connectivity index (χ0v) is 12.5. The van der Waals surface area contributed by atoms with Gasteiger partial charge < -0.3 is 0 Å². The molecule has 0 aliphatic carbocycles. The van der Waals surface area contributed by atoms with E-state index in [1.807, 2.05) is 42.8 Å². The Kier molecular flexibility index (Phi) is 3.60. The number of hydrazine groups is 1. The monoisotopic (exact) mass is 295 g/mol. The van der Waals surface area contributed by atoms with Gasteiger partial charge in [-0.25, -0.2) is 10.8 Å². The number of amides is 1. The molecule has 0 spiro atoms. The van der Waals surface area contributed by atoms with Crippen LogP contribution in [0.5, 0.6) is 0 Å². The molecule has 3 N–H and O–H groups in total. The van der Waals surface area contributed by atoms with Gasteiger partial charge in [0.05, 0.1) is 23.0 Å². The Morgan fingerprint density at radius 1 is 1.36 bits per heavy atom. The van der Waals surface area contributed by atoms with Crippen LogP contribution in [0.4, 0.5) is 0 Å². The molecule has 3 aromatic rings. The number of carbonyl (C=O) groups excluding carboxylic acids is 1. The fraction of sp³-hybridized carbons (Fsp3) is 0.188. The highest BCUT2D eigenvalue weighted by Gasteiger charge is 2.15. The van der Waals surface area contributed by atoms with Crippen LogP contribution < -0.4 is 11.3 Å². The van der Waals surface area contributed by atoms with Gasteiger partial charge in [-0.05, 0) is 26.0 Å². The fourth-order valence-corrected chi connectivity index (χ4v) is 2.60. The average molecular weight is 295 g/mol. The average Bonchev–Trinajstić information content (AvgIpc) is 2.93. The number of nitrogen functional groups attached to an aromatic ring is 1. The summed E-state index contributed by atoms with van der Waals surface area (Å²) in [5.74, 6) is 4.97. The molecule has 0 saturated heterocycles. The Hall–Kier alpha value is -2.73. The first kappa shape index (κ1) is 14.2. The number of nitrogens with one attached hydrogen (secondary N) is 1. The van der Waals surface area contributed by atoms with Gasteiger partial charge in [0.2, 0.25) is 0 Å². The van der Waals surface area contributed by atoms with Crippen molar-refractivity contribution in [2.45, 2.75) is 20.4 Å². The van der Waals surface area contributed by atoms with Gasteiger partial charge in [0.1, 0.15) is 0 Å². The maximum atomic E-state index is 12.1. The van der Waals surface area contributed by atoms with Gasteiger partial charge in [-0.3, -0.25) is 14.9 Å². The number of aromatic nitrogens is 3. The van der Waals surface area contributed by atoms with Crippen LogP contribution in [0, 0.1) is 6.92 Å². The van der Waals surface area contributed by atoms with Gasteiger partial charge in [0.15, 0.2) is 0 Å². The highest BCUT2D eigenvalue weighted by atomic mass is 16.2. The van der Waals surface area contributed by atoms with Crippen molar-refractivity contribution in [3.63, 3.8) is 0 Å². The smallest absolute Gasteiger partial charge is 0.265 e. The molecule has 112 valence electrons. The highest BCUT2D eigenvalue weighted by Crippen LogP contribution is 2.26. The minimum Gasteiger partial charge on any atom is -0.290 e. The first-order valence-electron chi connectivity index (χ1n) is 7.09. The Morgan fingerprint density at radius 3 is 2.82 bits per heavy atom. The van der Waals surface area contributed by atoms with Gasteiger partial charge in [0, 0.05) is 23.2 Å². The van der Waals surface area contributed by atoms with Crippen molar-refractivity contribution in [1.82, 2.24) is 20.2 Å². The first-order chi connectivity index (χ1) is 10.7. The van der Waals surface area contributed by atoms with E-state index in [4.69, 9.17) is 5.84 Å². The summed E-state index contributed by atoms with van der Waals surface area (Å²) < 4.78 is 1.90. The number of hydrogen-bond acceptors (Lipinski definition) is 4. The summed E-state index contributed by atoms with van der Waals surface area (Å²) in [7, 11) is 0. The molecule has 0 aliphatic rings. The van der Waals surface area contributed by atoms with E-state index in [2.05, 4.69) is 15.5 Å². The Bertz CT molecular complexity index is 853. The summed E-state index contributed by atoms with van der Waals surface area (Å²) in [4.78, 5) is 16.7. The van der Waals surface area contributed by atoms with Crippen LogP contribution in [-0.4, -0.2) is 20.7 Å². The van der Waals surface area contributed by atoms with Gasteiger partial charge in [0.25, 0.3) is 5.91 Å². The molecule has 0 atom stereocenters. The standard InChI is InChI=1S/C16H17N5O/c1-3-21-10(2)13(9-18-21)15-8-12(16(22)20-17)11-6-4-5-7-14(11)19-15/h4-9H,3,17H2,1-2H3,(H,20,22). The van der Waals surface area contributed by atoms with Crippen molar-refractivity contribution in [2.75, 3.05) is 0 Å². The third-order valence-corrected chi connectivity index (χ3v) is 3.77. The summed E-state index contributed by atoms with van der Waals surface area (Å²) in [5.41, 5.74) is 6.10. The zero-order valence-electron chi connectivity index (χ0n) is 12.5. The lowest BCUT2D eigenvalue weighted by Gasteiger charge is -2.08. The minimum absolute atomic E-state index is 0.333. The van der Waals surface area contributed by atoms with Gasteiger partial charge in [-0.2, -0.15) is 5.10 Å². The van der Waals surface area contributed by atoms with Crippen molar-refractivity contribution in [2.24, 2.45) is 5.84 Å². The van der Waals surface area contributed by atoms with Crippen LogP contribution in [-0.2, 0) is 6.54 Å². The van der Waals surface area contributed by atoms with E-state index in [0.717, 1.165) is 34.4 Å². The normalized spacial score (nSPS) is 10.9. The first-order valence-corrected chi connectivity index (χ1v) is 7.09. The molecule has 0 saturated carbocycles. The number of fused-ring (bicyclic) bond motifs is 1. The molecule has 0 aliphatic heterocycles. The number of aryl methyl sites for hydroxylation is 1. The molecule has 1 amide bonds. The van der Waals surface area contributed by atoms with E-state index < -0.39 is 0 Å². The lowest BCUT2D eigenvalue weighted by atomic mass is 10.0. The van der Waals surface area contributed by atoms with E-state index in [9.17, 15) is 4.79 Å². The lowest BCUT2D eigenvalue weighted by Crippen LogP contribution is -2.30. The van der Waals surface area contributed by atoms with Crippen LogP contribution in [0.2, 0.25) is 0 Å². The maximum absolute atomic E-state index is 12.1. The summed E-state index contributed by atoms with van der Waals surface area (Å²) >= 11 is 0. The molecule has 2 heterocycles. The predicted octanol–water partition coefficient (Wildman–Crippen LogP) is 2.03. The molecule has 2 aromatic heterocycles. The lowest BCUT2D eigenvalue weighted by molar-refractivity contribution is 0.0955. The number of nitrogens with two attached hydrogens (primary N) is 1. The largest absolute Gasteiger partial charge is 0.290 e. The van der Waals surface area contributed by atoms with Gasteiger partial charge in [-0.15, -0.1) is 0 Å². The van der Waals surface area contributed by atoms with Crippen LogP contribution in [0.15, 0.2) is 36.5 Å². The zero-order chi connectivity index (χ0) is 15.7. The summed E-state index contributed by atoms with van der Waals surface area (Å²) in [6.45, 7) is 4.81. The van der Waals surface area contributed by atoms with Crippen molar-refractivity contribution in [3.8, 4) is 11.3 Å². The fourth-order valence-electron chi connectivity index (χ4n) is 2.60. The van der Waals surface area contributed by atoms with Gasteiger partial charge >= 0.3 is 0 Å². The number of carbonyl (C=O) groups is 1. The number of benzene rings is 1. The summed E-state index contributed by atoms with van der Waals surface area (Å²) in [6, 6.07) is 9.27. The molecular weight excluding hydrogens is 278 g/mol. The molecule has 0 unspecified atom stereocenters. The molecule has 0 bridgehead atoms. The number of hydrogen-bond donors (Lipinski definition) is 2. The summed E-state index contributed by atoms with van der Waals surface area (Å²) in [6.07, 6.45) is 1.78. The molecule has 22 heavy (non-hydrogen) atoms. The molecular formula is C16H17N5O. The van der Waals surface area contributed by atoms with Gasteiger partial charge in [-0.1, -0.05) is 18.2 Å². The number of rotatable bonds is 3. The number of pyridine rings is 1. The maximum Gasteiger partial charge on any atom is 0.265 e. The number of nitrogens with zero attached hydrogens (tertiary/aromatic N) is 3. The van der Waals surface area contributed by atoms with E-state index >= 15 is 0 Å². The topological polar surface area (TPSA) is 85.8 Å². The van der Waals surface area contributed by atoms with Crippen molar-refractivity contribution < 1.29 is 4.79 Å². The van der Waals surface area contributed by atoms with E-state index in [1.54, 1.807) is 12.3 Å². The minimum atomic E-state index is -0.333. The Labute approximate surface area is 127 Å². The SMILES string of the molecule is CCn1ncc(-c2cc(C(=O)NN)c3ccccc3n2)c1C. The molecule has 6 heteroatoms. The van der Waals surface area contributed by atoms with Crippen molar-refractivity contribution in [1.29, 1.82) is 0 Å². The molecule has 0 fully saturated rings. The van der Waals surface area contributed by atoms with Crippen LogP contribution in [0.3, 0.4) is 0 Å². The summed E-state index contributed by atoms with van der Waals surface area (Å²) in [5, 5.41) is 5.11. The third kappa shape index (κ3) is 2.23. The second-order valence-electron chi connectivity index (χ2n) is 5.01. The second-order valence-corrected chi connectivity index (χ2v) is 5.01. The van der Waals surface area contributed by atoms with E-state index in [0.29, 0.717) is 5.56 Å². The molecule has 3 rings (SSSR count). The quantitative estimate of drug-likeness (QED) is 0.440. The van der Waals surface area contributed by atoms with E-state index in [-0.39, 0.29) is 5.91 Å². The highest BCUT2D eigenvalue weighted by molar-refractivity contribution is 6.07. The molecule has 6 nitrogen and oxygen atoms in total. The van der Waals surface area contributed by atoms with Crippen LogP contribution in [0.25, 0.3) is 22.2 Å². The predicted molar refractivity (Wildman–Crippen MR) is 85.0 cm³/mol.